The summed E-state index contributed by atoms with van der Waals surface area (Å²) in [6.07, 6.45) is 35.9. The minimum absolute atomic E-state index is 0.274. The average Bonchev–Trinajstić information content (AvgIpc) is 2.90. The molecule has 0 unspecified atom stereocenters. The molecule has 2 aliphatic carbocycles. The average molecular weight is 567 g/mol. The number of carbonyl (C=O) groups is 1. The van der Waals surface area contributed by atoms with E-state index < -0.39 is 11.4 Å². The molecule has 0 bridgehead atoms. The quantitative estimate of drug-likeness (QED) is 0.253. The lowest BCUT2D eigenvalue weighted by Crippen LogP contribution is -2.32. The van der Waals surface area contributed by atoms with Crippen LogP contribution >= 0.6 is 0 Å². The van der Waals surface area contributed by atoms with Crippen molar-refractivity contribution in [2.24, 2.45) is 10.8 Å². The van der Waals surface area contributed by atoms with Crippen LogP contribution in [-0.2, 0) is 4.79 Å². The van der Waals surface area contributed by atoms with E-state index in [4.69, 9.17) is 0 Å². The SMILES string of the molecule is CC1=C(/C=C/C(C)=C/C=C/C(C)=C/C=C/C=C(C)/C=C/C=C(C)/C=C/C2=C(C)CCC[C@]2(C)C(=O)O)C(C)(C)CCC1. The normalized spacial score (nSPS) is 23.6. The van der Waals surface area contributed by atoms with E-state index in [1.807, 2.05) is 32.1 Å². The van der Waals surface area contributed by atoms with Gasteiger partial charge in [0.15, 0.2) is 0 Å². The highest BCUT2D eigenvalue weighted by Crippen LogP contribution is 2.42. The Kier molecular flexibility index (Phi) is 13.5. The van der Waals surface area contributed by atoms with Gasteiger partial charge >= 0.3 is 5.97 Å². The summed E-state index contributed by atoms with van der Waals surface area (Å²) < 4.78 is 0. The molecule has 0 fully saturated rings. The summed E-state index contributed by atoms with van der Waals surface area (Å²) in [6, 6.07) is 0. The second-order valence-electron chi connectivity index (χ2n) is 13.0. The van der Waals surface area contributed by atoms with Gasteiger partial charge in [-0.05, 0) is 104 Å². The molecule has 2 rings (SSSR count). The zero-order valence-corrected chi connectivity index (χ0v) is 27.7. The second-order valence-corrected chi connectivity index (χ2v) is 13.0. The predicted molar refractivity (Wildman–Crippen MR) is 183 cm³/mol. The van der Waals surface area contributed by atoms with Gasteiger partial charge in [-0.2, -0.15) is 0 Å². The third kappa shape index (κ3) is 10.8. The maximum Gasteiger partial charge on any atom is 0.313 e. The first-order valence-corrected chi connectivity index (χ1v) is 15.5. The zero-order chi connectivity index (χ0) is 31.3. The molecular formula is C40H54O2. The van der Waals surface area contributed by atoms with Crippen LogP contribution in [0, 0.1) is 10.8 Å². The van der Waals surface area contributed by atoms with Crippen molar-refractivity contribution in [1.29, 1.82) is 0 Å². The van der Waals surface area contributed by atoms with Crippen molar-refractivity contribution in [2.45, 2.75) is 101 Å². The molecule has 1 N–H and O–H groups in total. The lowest BCUT2D eigenvalue weighted by Gasteiger charge is -2.32. The predicted octanol–water partition coefficient (Wildman–Crippen LogP) is 11.7. The molecule has 0 aromatic heterocycles. The molecule has 2 heteroatoms. The number of hydrogen-bond donors (Lipinski definition) is 1. The topological polar surface area (TPSA) is 37.3 Å². The monoisotopic (exact) mass is 566 g/mol. The van der Waals surface area contributed by atoms with Crippen LogP contribution < -0.4 is 0 Å². The molecule has 0 saturated carbocycles. The molecule has 2 nitrogen and oxygen atoms in total. The van der Waals surface area contributed by atoms with Gasteiger partial charge in [0.1, 0.15) is 0 Å². The standard InChI is InChI=1S/C40H54O2/c1-30(18-12-20-32(3)24-26-36-34(5)22-14-28-39(36,7)8)16-10-11-17-31(2)19-13-21-33(4)25-27-37-35(6)23-15-29-40(37,9)38(41)42/h10-13,16-21,24-27H,14-15,22-23,28-29H2,1-9H3,(H,41,42)/b11-10+,18-12+,19-13+,26-24+,27-25+,30-16+,31-17+,32-20+,33-21+/t40-/m0/s1. The summed E-state index contributed by atoms with van der Waals surface area (Å²) in [5, 5.41) is 9.79. The van der Waals surface area contributed by atoms with Gasteiger partial charge in [0.25, 0.3) is 0 Å². The van der Waals surface area contributed by atoms with Gasteiger partial charge < -0.3 is 5.11 Å². The summed E-state index contributed by atoms with van der Waals surface area (Å²) in [5.74, 6) is -0.737. The molecule has 226 valence electrons. The van der Waals surface area contributed by atoms with E-state index in [2.05, 4.69) is 115 Å². The van der Waals surface area contributed by atoms with Crippen molar-refractivity contribution in [2.75, 3.05) is 0 Å². The zero-order valence-electron chi connectivity index (χ0n) is 27.7. The van der Waals surface area contributed by atoms with E-state index in [1.165, 1.54) is 47.1 Å². The minimum atomic E-state index is -0.792. The summed E-state index contributed by atoms with van der Waals surface area (Å²) >= 11 is 0. The summed E-state index contributed by atoms with van der Waals surface area (Å²) in [7, 11) is 0. The van der Waals surface area contributed by atoms with Crippen LogP contribution in [0.4, 0.5) is 0 Å². The first-order valence-electron chi connectivity index (χ1n) is 15.5. The number of carboxylic acid groups (broad SMARTS) is 1. The Morgan fingerprint density at radius 1 is 0.619 bits per heavy atom. The van der Waals surface area contributed by atoms with Gasteiger partial charge in [0.2, 0.25) is 0 Å². The van der Waals surface area contributed by atoms with Crippen LogP contribution in [-0.4, -0.2) is 11.1 Å². The minimum Gasteiger partial charge on any atom is -0.481 e. The van der Waals surface area contributed by atoms with E-state index in [0.717, 1.165) is 29.6 Å². The van der Waals surface area contributed by atoms with Crippen LogP contribution in [0.3, 0.4) is 0 Å². The Morgan fingerprint density at radius 3 is 1.50 bits per heavy atom. The molecule has 42 heavy (non-hydrogen) atoms. The van der Waals surface area contributed by atoms with Crippen LogP contribution in [0.5, 0.6) is 0 Å². The van der Waals surface area contributed by atoms with Crippen LogP contribution in [0.2, 0.25) is 0 Å². The van der Waals surface area contributed by atoms with Crippen LogP contribution in [0.25, 0.3) is 0 Å². The van der Waals surface area contributed by atoms with Gasteiger partial charge in [-0.15, -0.1) is 0 Å². The highest BCUT2D eigenvalue weighted by atomic mass is 16.4. The van der Waals surface area contributed by atoms with Crippen molar-refractivity contribution in [3.05, 3.63) is 130 Å². The number of allylic oxidation sites excluding steroid dienone is 21. The van der Waals surface area contributed by atoms with Gasteiger partial charge in [-0.1, -0.05) is 132 Å². The molecule has 0 radical (unpaired) electrons. The molecule has 0 aliphatic heterocycles. The lowest BCUT2D eigenvalue weighted by atomic mass is 9.71. The van der Waals surface area contributed by atoms with E-state index in [9.17, 15) is 9.90 Å². The fourth-order valence-electron chi connectivity index (χ4n) is 5.78. The Labute approximate surface area is 256 Å². The van der Waals surface area contributed by atoms with E-state index >= 15 is 0 Å². The number of carboxylic acids is 1. The highest BCUT2D eigenvalue weighted by Gasteiger charge is 2.38. The molecule has 0 aromatic rings. The van der Waals surface area contributed by atoms with Gasteiger partial charge in [0.05, 0.1) is 5.41 Å². The Morgan fingerprint density at radius 2 is 1.02 bits per heavy atom. The van der Waals surface area contributed by atoms with E-state index in [0.29, 0.717) is 6.42 Å². The van der Waals surface area contributed by atoms with Crippen molar-refractivity contribution in [1.82, 2.24) is 0 Å². The van der Waals surface area contributed by atoms with Gasteiger partial charge in [-0.3, -0.25) is 4.79 Å². The third-order valence-corrected chi connectivity index (χ3v) is 8.59. The Hall–Kier alpha value is -3.39. The third-order valence-electron chi connectivity index (χ3n) is 8.59. The first-order chi connectivity index (χ1) is 19.8. The number of aliphatic carboxylic acids is 1. The van der Waals surface area contributed by atoms with Gasteiger partial charge in [-0.25, -0.2) is 0 Å². The molecule has 0 saturated heterocycles. The van der Waals surface area contributed by atoms with E-state index in [-0.39, 0.29) is 5.41 Å². The number of rotatable bonds is 11. The van der Waals surface area contributed by atoms with Crippen molar-refractivity contribution >= 4 is 5.97 Å². The second kappa shape index (κ2) is 16.3. The molecule has 0 amide bonds. The van der Waals surface area contributed by atoms with Gasteiger partial charge in [0, 0.05) is 0 Å². The fraction of sp³-hybridized carbons (Fsp3) is 0.425. The maximum absolute atomic E-state index is 11.9. The highest BCUT2D eigenvalue weighted by molar-refractivity contribution is 5.80. The molecule has 0 heterocycles. The molecule has 2 aliphatic rings. The lowest BCUT2D eigenvalue weighted by molar-refractivity contribution is -0.146. The summed E-state index contributed by atoms with van der Waals surface area (Å²) in [5.41, 5.74) is 9.33. The smallest absolute Gasteiger partial charge is 0.313 e. The summed E-state index contributed by atoms with van der Waals surface area (Å²) in [6.45, 7) is 19.3. The van der Waals surface area contributed by atoms with Crippen molar-refractivity contribution < 1.29 is 9.90 Å². The first kappa shape index (κ1) is 34.8. The number of hydrogen-bond acceptors (Lipinski definition) is 1. The molecule has 1 atom stereocenters. The molecule has 0 spiro atoms. The summed E-state index contributed by atoms with van der Waals surface area (Å²) in [4.78, 5) is 11.9. The maximum atomic E-state index is 11.9. The molecular weight excluding hydrogens is 512 g/mol. The Balaban J connectivity index is 1.92. The molecule has 0 aromatic carbocycles. The van der Waals surface area contributed by atoms with E-state index in [1.54, 1.807) is 0 Å². The van der Waals surface area contributed by atoms with Crippen LogP contribution in [0.15, 0.2) is 130 Å². The van der Waals surface area contributed by atoms with Crippen LogP contribution in [0.1, 0.15) is 101 Å². The fourth-order valence-corrected chi connectivity index (χ4v) is 5.78. The van der Waals surface area contributed by atoms with Crippen molar-refractivity contribution in [3.8, 4) is 0 Å². The Bertz CT molecular complexity index is 1320. The van der Waals surface area contributed by atoms with Crippen molar-refractivity contribution in [3.63, 3.8) is 0 Å². The largest absolute Gasteiger partial charge is 0.481 e.